The van der Waals surface area contributed by atoms with Crippen LogP contribution in [0.15, 0.2) is 6.07 Å². The lowest BCUT2D eigenvalue weighted by Gasteiger charge is -2.24. The highest BCUT2D eigenvalue weighted by Crippen LogP contribution is 2.36. The number of hydrogen-bond donors (Lipinski definition) is 4. The summed E-state index contributed by atoms with van der Waals surface area (Å²) in [5, 5.41) is 30.0. The summed E-state index contributed by atoms with van der Waals surface area (Å²) in [6.07, 6.45) is -0.138. The van der Waals surface area contributed by atoms with Gasteiger partial charge in [0.15, 0.2) is 6.04 Å². The number of hydrogen-bond acceptors (Lipinski definition) is 6. The summed E-state index contributed by atoms with van der Waals surface area (Å²) >= 11 is 6.06. The molecule has 1 aliphatic heterocycles. The van der Waals surface area contributed by atoms with E-state index in [2.05, 4.69) is 0 Å². The number of carboxylic acid groups (broad SMARTS) is 1. The van der Waals surface area contributed by atoms with Gasteiger partial charge < -0.3 is 25.4 Å². The number of aromatic hydroxyl groups is 1. The summed E-state index contributed by atoms with van der Waals surface area (Å²) in [5.74, 6) is -3.89. The van der Waals surface area contributed by atoms with Crippen LogP contribution >= 0.6 is 11.6 Å². The van der Waals surface area contributed by atoms with E-state index in [1.807, 2.05) is 5.32 Å². The van der Waals surface area contributed by atoms with Crippen LogP contribution in [0.25, 0.3) is 0 Å². The Morgan fingerprint density at radius 3 is 2.74 bits per heavy atom. The number of aliphatic hydroxyl groups excluding tert-OH is 1. The molecule has 0 spiro atoms. The largest absolute Gasteiger partial charge is 0.506 e. The lowest BCUT2D eigenvalue weighted by molar-refractivity contribution is -0.140. The molecule has 1 amide bonds. The molecule has 1 heterocycles. The first-order chi connectivity index (χ1) is 10.8. The van der Waals surface area contributed by atoms with Crippen molar-refractivity contribution < 1.29 is 34.4 Å². The predicted molar refractivity (Wildman–Crippen MR) is 77.7 cm³/mol. The van der Waals surface area contributed by atoms with Gasteiger partial charge in [-0.3, -0.25) is 4.79 Å². The number of carbonyl (C=O) groups excluding carboxylic acids is 2. The molecule has 2 atom stereocenters. The average molecular weight is 344 g/mol. The highest BCUT2D eigenvalue weighted by atomic mass is 35.5. The highest BCUT2D eigenvalue weighted by molar-refractivity contribution is 6.32. The topological polar surface area (TPSA) is 133 Å². The fourth-order valence-electron chi connectivity index (χ4n) is 2.26. The van der Waals surface area contributed by atoms with Gasteiger partial charge in [-0.25, -0.2) is 9.59 Å². The molecule has 0 saturated carbocycles. The number of fused-ring (bicyclic) bond motifs is 1. The first-order valence-corrected chi connectivity index (χ1v) is 7.03. The van der Waals surface area contributed by atoms with E-state index in [-0.39, 0.29) is 22.6 Å². The minimum atomic E-state index is -1.55. The van der Waals surface area contributed by atoms with Crippen LogP contribution in [0.5, 0.6) is 5.75 Å². The zero-order valence-electron chi connectivity index (χ0n) is 12.0. The lowest BCUT2D eigenvalue weighted by atomic mass is 9.95. The standard InChI is InChI=1S/C14H14ClNO7/c1-5-2-6-8(15)3-7(11(18)10(6)14(22)23-5)12(19)16-9(4-17)13(20)21/h3,5,9,17-18H,2,4H2,1H3,(H,16,19)(H,20,21)/t5?,9-/m0/s1. The summed E-state index contributed by atoms with van der Waals surface area (Å²) in [6, 6.07) is -0.407. The molecule has 8 nitrogen and oxygen atoms in total. The van der Waals surface area contributed by atoms with Gasteiger partial charge in [0.05, 0.1) is 12.2 Å². The number of cyclic esters (lactones) is 1. The van der Waals surface area contributed by atoms with Crippen molar-refractivity contribution in [1.29, 1.82) is 0 Å². The maximum Gasteiger partial charge on any atom is 0.342 e. The SMILES string of the molecule is CC1Cc2c(Cl)cc(C(=O)N[C@@H](CO)C(=O)O)c(O)c2C(=O)O1. The van der Waals surface area contributed by atoms with Crippen LogP contribution in [0.4, 0.5) is 0 Å². The third-order valence-corrected chi connectivity index (χ3v) is 3.72. The molecule has 1 unspecified atom stereocenters. The van der Waals surface area contributed by atoms with Gasteiger partial charge in [0, 0.05) is 11.4 Å². The summed E-state index contributed by atoms with van der Waals surface area (Å²) < 4.78 is 5.00. The molecule has 9 heteroatoms. The van der Waals surface area contributed by atoms with Crippen molar-refractivity contribution in [2.24, 2.45) is 0 Å². The molecule has 124 valence electrons. The number of carbonyl (C=O) groups is 3. The van der Waals surface area contributed by atoms with Crippen molar-refractivity contribution in [2.45, 2.75) is 25.5 Å². The van der Waals surface area contributed by atoms with Gasteiger partial charge in [0.2, 0.25) is 0 Å². The number of nitrogens with one attached hydrogen (secondary N) is 1. The van der Waals surface area contributed by atoms with Crippen LogP contribution in [0.3, 0.4) is 0 Å². The van der Waals surface area contributed by atoms with Gasteiger partial charge in [-0.2, -0.15) is 0 Å². The van der Waals surface area contributed by atoms with Crippen molar-refractivity contribution in [3.63, 3.8) is 0 Å². The Morgan fingerprint density at radius 1 is 1.52 bits per heavy atom. The van der Waals surface area contributed by atoms with Gasteiger partial charge in [-0.05, 0) is 18.6 Å². The van der Waals surface area contributed by atoms with Crippen molar-refractivity contribution in [1.82, 2.24) is 5.32 Å². The first kappa shape index (κ1) is 17.0. The van der Waals surface area contributed by atoms with Crippen LogP contribution in [-0.2, 0) is 16.0 Å². The van der Waals surface area contributed by atoms with Crippen LogP contribution < -0.4 is 5.32 Å². The van der Waals surface area contributed by atoms with E-state index in [9.17, 15) is 19.5 Å². The van der Waals surface area contributed by atoms with E-state index >= 15 is 0 Å². The van der Waals surface area contributed by atoms with E-state index < -0.39 is 42.3 Å². The summed E-state index contributed by atoms with van der Waals surface area (Å²) in [6.45, 7) is 0.827. The number of carboxylic acids is 1. The van der Waals surface area contributed by atoms with Crippen molar-refractivity contribution in [3.05, 3.63) is 27.8 Å². The summed E-state index contributed by atoms with van der Waals surface area (Å²) in [4.78, 5) is 34.8. The second kappa shape index (κ2) is 6.43. The minimum Gasteiger partial charge on any atom is -0.506 e. The Hall–Kier alpha value is -2.32. The molecule has 2 rings (SSSR count). The zero-order valence-corrected chi connectivity index (χ0v) is 12.8. The Labute approximate surface area is 135 Å². The van der Waals surface area contributed by atoms with E-state index in [1.54, 1.807) is 6.92 Å². The maximum atomic E-state index is 12.1. The number of aliphatic hydroxyl groups is 1. The number of halogens is 1. The highest BCUT2D eigenvalue weighted by Gasteiger charge is 2.32. The van der Waals surface area contributed by atoms with E-state index in [0.717, 1.165) is 6.07 Å². The molecule has 0 aliphatic carbocycles. The monoisotopic (exact) mass is 343 g/mol. The third kappa shape index (κ3) is 3.22. The number of esters is 1. The molecular formula is C14H14ClNO7. The van der Waals surface area contributed by atoms with Crippen molar-refractivity contribution in [3.8, 4) is 5.75 Å². The number of rotatable bonds is 4. The predicted octanol–water partition coefficient (Wildman–Crippen LogP) is 0.322. The Balaban J connectivity index is 2.44. The fraction of sp³-hybridized carbons (Fsp3) is 0.357. The van der Waals surface area contributed by atoms with Crippen molar-refractivity contribution >= 4 is 29.4 Å². The average Bonchev–Trinajstić information content (AvgIpc) is 2.47. The zero-order chi connectivity index (χ0) is 17.3. The molecule has 1 aliphatic rings. The number of benzene rings is 1. The number of aliphatic carboxylic acids is 1. The Kier molecular flexibility index (Phi) is 4.76. The van der Waals surface area contributed by atoms with E-state index in [1.165, 1.54) is 0 Å². The molecule has 0 bridgehead atoms. The maximum absolute atomic E-state index is 12.1. The summed E-state index contributed by atoms with van der Waals surface area (Å²) in [7, 11) is 0. The molecule has 0 aromatic heterocycles. The lowest BCUT2D eigenvalue weighted by Crippen LogP contribution is -2.43. The number of phenols is 1. The summed E-state index contributed by atoms with van der Waals surface area (Å²) in [5.41, 5.74) is -0.224. The molecule has 1 aromatic rings. The molecule has 0 saturated heterocycles. The van der Waals surface area contributed by atoms with Gasteiger partial charge in [0.1, 0.15) is 17.4 Å². The second-order valence-corrected chi connectivity index (χ2v) is 5.48. The Bertz CT molecular complexity index is 688. The number of amides is 1. The molecular weight excluding hydrogens is 330 g/mol. The van der Waals surface area contributed by atoms with Gasteiger partial charge in [-0.15, -0.1) is 0 Å². The van der Waals surface area contributed by atoms with Gasteiger partial charge in [-0.1, -0.05) is 11.6 Å². The fourth-order valence-corrected chi connectivity index (χ4v) is 2.54. The van der Waals surface area contributed by atoms with Gasteiger partial charge >= 0.3 is 11.9 Å². The number of phenolic OH excluding ortho intramolecular Hbond substituents is 1. The molecule has 23 heavy (non-hydrogen) atoms. The van der Waals surface area contributed by atoms with Crippen LogP contribution in [-0.4, -0.2) is 51.9 Å². The van der Waals surface area contributed by atoms with Crippen LogP contribution in [0.2, 0.25) is 5.02 Å². The smallest absolute Gasteiger partial charge is 0.342 e. The van der Waals surface area contributed by atoms with E-state index in [0.29, 0.717) is 5.56 Å². The second-order valence-electron chi connectivity index (χ2n) is 5.08. The quantitative estimate of drug-likeness (QED) is 0.578. The Morgan fingerprint density at radius 2 is 2.17 bits per heavy atom. The van der Waals surface area contributed by atoms with E-state index in [4.69, 9.17) is 26.6 Å². The molecule has 1 aromatic carbocycles. The van der Waals surface area contributed by atoms with Crippen LogP contribution in [0.1, 0.15) is 33.2 Å². The van der Waals surface area contributed by atoms with Crippen molar-refractivity contribution in [2.75, 3.05) is 6.61 Å². The molecule has 0 radical (unpaired) electrons. The third-order valence-electron chi connectivity index (χ3n) is 3.39. The molecule has 4 N–H and O–H groups in total. The molecule has 0 fully saturated rings. The van der Waals surface area contributed by atoms with Crippen LogP contribution in [0, 0.1) is 0 Å². The number of ether oxygens (including phenoxy) is 1. The minimum absolute atomic E-state index is 0.0855. The first-order valence-electron chi connectivity index (χ1n) is 6.66. The normalized spacial score (nSPS) is 17.9. The van der Waals surface area contributed by atoms with Gasteiger partial charge in [0.25, 0.3) is 5.91 Å².